The number of aliphatic hydroxyl groups excluding tert-OH is 1. The van der Waals surface area contributed by atoms with Crippen LogP contribution in [0.25, 0.3) is 0 Å². The molecule has 39 heavy (non-hydrogen) atoms. The standard InChI is InChI=1S/C30H61N2O6P/c1-6-8-10-11-12-13-14-15-16-17-18-19-20-21-22-23-29(33)28(31-30(34)24-9-7-2)27-38-39(35,36)37-26-25-32(3,4)5/h22-23,28-29,33H,6-21,24-27H2,1-5H3,(H-,31,34,35,36)/p+1/b23-22+. The van der Waals surface area contributed by atoms with E-state index in [0.717, 1.165) is 32.1 Å². The Hall–Kier alpha value is -0.760. The van der Waals surface area contributed by atoms with Gasteiger partial charge in [0.1, 0.15) is 13.2 Å². The van der Waals surface area contributed by atoms with E-state index in [1.54, 1.807) is 6.08 Å². The number of carbonyl (C=O) groups excluding carboxylic acids is 1. The number of nitrogens with one attached hydrogen (secondary N) is 1. The number of amides is 1. The maximum Gasteiger partial charge on any atom is 0.472 e. The van der Waals surface area contributed by atoms with Crippen LogP contribution < -0.4 is 5.32 Å². The lowest BCUT2D eigenvalue weighted by molar-refractivity contribution is -0.870. The van der Waals surface area contributed by atoms with Crippen molar-refractivity contribution in [2.75, 3.05) is 40.9 Å². The molecule has 0 spiro atoms. The third-order valence-electron chi connectivity index (χ3n) is 6.76. The SMILES string of the molecule is CCCCCCCCCCCCCCC/C=C/C(O)C(COP(=O)(O)OCC[N+](C)(C)C)NC(=O)CCCC. The van der Waals surface area contributed by atoms with E-state index in [2.05, 4.69) is 12.2 Å². The number of aliphatic hydroxyl groups is 1. The molecule has 0 aliphatic heterocycles. The number of carbonyl (C=O) groups is 1. The second kappa shape index (κ2) is 23.9. The van der Waals surface area contributed by atoms with E-state index in [1.807, 2.05) is 34.1 Å². The van der Waals surface area contributed by atoms with Gasteiger partial charge in [-0.3, -0.25) is 13.8 Å². The average Bonchev–Trinajstić information content (AvgIpc) is 2.86. The van der Waals surface area contributed by atoms with E-state index >= 15 is 0 Å². The highest BCUT2D eigenvalue weighted by molar-refractivity contribution is 7.47. The summed E-state index contributed by atoms with van der Waals surface area (Å²) < 4.78 is 23.1. The zero-order chi connectivity index (χ0) is 29.4. The summed E-state index contributed by atoms with van der Waals surface area (Å²) in [5.41, 5.74) is 0. The Morgan fingerprint density at radius 1 is 0.846 bits per heavy atom. The summed E-state index contributed by atoms with van der Waals surface area (Å²) >= 11 is 0. The Labute approximate surface area is 240 Å². The fourth-order valence-electron chi connectivity index (χ4n) is 4.13. The molecule has 8 nitrogen and oxygen atoms in total. The maximum absolute atomic E-state index is 12.3. The van der Waals surface area contributed by atoms with Gasteiger partial charge in [0.2, 0.25) is 5.91 Å². The molecule has 0 aromatic carbocycles. The van der Waals surface area contributed by atoms with E-state index < -0.39 is 20.0 Å². The third-order valence-corrected chi connectivity index (χ3v) is 7.74. The van der Waals surface area contributed by atoms with Gasteiger partial charge in [0.25, 0.3) is 0 Å². The first-order chi connectivity index (χ1) is 18.5. The summed E-state index contributed by atoms with van der Waals surface area (Å²) in [6, 6.07) is -0.834. The van der Waals surface area contributed by atoms with Crippen LogP contribution in [0.2, 0.25) is 0 Å². The minimum atomic E-state index is -4.30. The largest absolute Gasteiger partial charge is 0.472 e. The van der Waals surface area contributed by atoms with Crippen LogP contribution in [0.3, 0.4) is 0 Å². The maximum atomic E-state index is 12.3. The number of quaternary nitrogens is 1. The van der Waals surface area contributed by atoms with Crippen molar-refractivity contribution in [3.8, 4) is 0 Å². The lowest BCUT2D eigenvalue weighted by Crippen LogP contribution is -2.45. The molecule has 0 rings (SSSR count). The van der Waals surface area contributed by atoms with Crippen LogP contribution in [0.4, 0.5) is 0 Å². The minimum absolute atomic E-state index is 0.0619. The molecule has 0 heterocycles. The monoisotopic (exact) mass is 577 g/mol. The molecule has 3 unspecified atom stereocenters. The molecule has 0 radical (unpaired) electrons. The van der Waals surface area contributed by atoms with Gasteiger partial charge in [-0.15, -0.1) is 0 Å². The molecular formula is C30H62N2O6P+. The van der Waals surface area contributed by atoms with Gasteiger partial charge in [-0.1, -0.05) is 109 Å². The van der Waals surface area contributed by atoms with E-state index in [0.29, 0.717) is 17.4 Å². The quantitative estimate of drug-likeness (QED) is 0.0425. The molecule has 0 saturated heterocycles. The van der Waals surface area contributed by atoms with Gasteiger partial charge in [0.05, 0.1) is 39.9 Å². The first kappa shape index (κ1) is 38.2. The minimum Gasteiger partial charge on any atom is -0.387 e. The average molecular weight is 578 g/mol. The highest BCUT2D eigenvalue weighted by atomic mass is 31.2. The van der Waals surface area contributed by atoms with E-state index in [1.165, 1.54) is 70.6 Å². The second-order valence-corrected chi connectivity index (χ2v) is 13.3. The zero-order valence-corrected chi connectivity index (χ0v) is 26.8. The number of hydrogen-bond donors (Lipinski definition) is 3. The predicted molar refractivity (Wildman–Crippen MR) is 162 cm³/mol. The van der Waals surface area contributed by atoms with Crippen molar-refractivity contribution >= 4 is 13.7 Å². The molecule has 3 atom stereocenters. The molecule has 9 heteroatoms. The van der Waals surface area contributed by atoms with Crippen LogP contribution in [0.15, 0.2) is 12.2 Å². The fourth-order valence-corrected chi connectivity index (χ4v) is 4.87. The van der Waals surface area contributed by atoms with Crippen LogP contribution in [0.5, 0.6) is 0 Å². The van der Waals surface area contributed by atoms with Crippen molar-refractivity contribution in [2.45, 2.75) is 135 Å². The zero-order valence-electron chi connectivity index (χ0n) is 25.9. The summed E-state index contributed by atoms with van der Waals surface area (Å²) in [6.45, 7) is 4.54. The summed E-state index contributed by atoms with van der Waals surface area (Å²) in [6.07, 6.45) is 22.3. The van der Waals surface area contributed by atoms with Crippen molar-refractivity contribution in [3.05, 3.63) is 12.2 Å². The Kier molecular flexibility index (Phi) is 23.4. The number of rotatable bonds is 27. The van der Waals surface area contributed by atoms with Gasteiger partial charge in [0.15, 0.2) is 0 Å². The van der Waals surface area contributed by atoms with Crippen LogP contribution in [0.1, 0.15) is 123 Å². The number of nitrogens with zero attached hydrogens (tertiary/aromatic N) is 1. The lowest BCUT2D eigenvalue weighted by atomic mass is 10.0. The summed E-state index contributed by atoms with van der Waals surface area (Å²) in [4.78, 5) is 22.3. The molecule has 3 N–H and O–H groups in total. The van der Waals surface area contributed by atoms with Gasteiger partial charge < -0.3 is 19.8 Å². The molecule has 0 fully saturated rings. The van der Waals surface area contributed by atoms with Crippen molar-refractivity contribution in [1.29, 1.82) is 0 Å². The van der Waals surface area contributed by atoms with Gasteiger partial charge in [-0.2, -0.15) is 0 Å². The van der Waals surface area contributed by atoms with Crippen LogP contribution in [-0.4, -0.2) is 73.4 Å². The molecule has 0 aromatic rings. The number of phosphoric acid groups is 1. The lowest BCUT2D eigenvalue weighted by Gasteiger charge is -2.25. The van der Waals surface area contributed by atoms with Crippen molar-refractivity contribution in [2.24, 2.45) is 0 Å². The van der Waals surface area contributed by atoms with Crippen LogP contribution in [0, 0.1) is 0 Å². The number of allylic oxidation sites excluding steroid dienone is 1. The Morgan fingerprint density at radius 2 is 1.36 bits per heavy atom. The highest BCUT2D eigenvalue weighted by Crippen LogP contribution is 2.43. The molecular weight excluding hydrogens is 515 g/mol. The van der Waals surface area contributed by atoms with Gasteiger partial charge >= 0.3 is 7.82 Å². The normalized spacial score (nSPS) is 15.4. The van der Waals surface area contributed by atoms with Crippen molar-refractivity contribution in [1.82, 2.24) is 5.32 Å². The van der Waals surface area contributed by atoms with Gasteiger partial charge in [-0.25, -0.2) is 4.57 Å². The molecule has 0 aliphatic carbocycles. The summed E-state index contributed by atoms with van der Waals surface area (Å²) in [5, 5.41) is 13.4. The molecule has 232 valence electrons. The Balaban J connectivity index is 4.33. The van der Waals surface area contributed by atoms with E-state index in [-0.39, 0.29) is 19.1 Å². The van der Waals surface area contributed by atoms with Crippen molar-refractivity contribution in [3.63, 3.8) is 0 Å². The Bertz CT molecular complexity index is 668. The first-order valence-electron chi connectivity index (χ1n) is 15.6. The van der Waals surface area contributed by atoms with Crippen LogP contribution >= 0.6 is 7.82 Å². The molecule has 0 aromatic heterocycles. The first-order valence-corrected chi connectivity index (χ1v) is 17.1. The van der Waals surface area contributed by atoms with Gasteiger partial charge in [-0.05, 0) is 19.3 Å². The van der Waals surface area contributed by atoms with E-state index in [4.69, 9.17) is 9.05 Å². The van der Waals surface area contributed by atoms with Gasteiger partial charge in [0, 0.05) is 6.42 Å². The molecule has 0 saturated carbocycles. The molecule has 0 bridgehead atoms. The number of phosphoric ester groups is 1. The molecule has 0 aliphatic rings. The Morgan fingerprint density at radius 3 is 1.87 bits per heavy atom. The predicted octanol–water partition coefficient (Wildman–Crippen LogP) is 6.90. The highest BCUT2D eigenvalue weighted by Gasteiger charge is 2.27. The van der Waals surface area contributed by atoms with E-state index in [9.17, 15) is 19.4 Å². The smallest absolute Gasteiger partial charge is 0.387 e. The fraction of sp³-hybridized carbons (Fsp3) is 0.900. The number of unbranched alkanes of at least 4 members (excludes halogenated alkanes) is 14. The van der Waals surface area contributed by atoms with Crippen molar-refractivity contribution < 1.29 is 32.9 Å². The topological polar surface area (TPSA) is 105 Å². The summed E-state index contributed by atoms with van der Waals surface area (Å²) in [5.74, 6) is -0.215. The second-order valence-electron chi connectivity index (χ2n) is 11.8. The number of likely N-dealkylation sites (N-methyl/N-ethyl adjacent to an activating group) is 1. The molecule has 1 amide bonds. The third kappa shape index (κ3) is 25.9. The van der Waals surface area contributed by atoms with Crippen LogP contribution in [-0.2, 0) is 18.4 Å². The summed E-state index contributed by atoms with van der Waals surface area (Å²) in [7, 11) is 1.56. The number of hydrogen-bond acceptors (Lipinski definition) is 5.